The third-order valence-corrected chi connectivity index (χ3v) is 0.757. The first-order valence-corrected chi connectivity index (χ1v) is 1.88. The van der Waals surface area contributed by atoms with E-state index in [9.17, 15) is 0 Å². The van der Waals surface area contributed by atoms with Crippen molar-refractivity contribution < 1.29 is 0 Å². The zero-order valence-corrected chi connectivity index (χ0v) is 3.28. The highest BCUT2D eigenvalue weighted by Crippen LogP contribution is 1.80. The van der Waals surface area contributed by atoms with Gasteiger partial charge in [-0.15, -0.1) is 0 Å². The maximum absolute atomic E-state index is 2.96. The molecule has 2 nitrogen and oxygen atoms in total. The van der Waals surface area contributed by atoms with Gasteiger partial charge in [-0.1, -0.05) is 0 Å². The van der Waals surface area contributed by atoms with Gasteiger partial charge in [0.05, 0.1) is 0 Å². The summed E-state index contributed by atoms with van der Waals surface area (Å²) in [4.78, 5) is 0. The largest absolute Gasteiger partial charge is 0.256 e. The number of rotatable bonds is 0. The molecule has 0 aromatic rings. The second-order valence-corrected chi connectivity index (χ2v) is 1.43. The first-order valence-electron chi connectivity index (χ1n) is 1.88. The molecule has 0 aromatic heterocycles. The van der Waals surface area contributed by atoms with Gasteiger partial charge in [-0.25, -0.2) is 0 Å². The second-order valence-electron chi connectivity index (χ2n) is 1.43. The molecule has 0 aliphatic carbocycles. The average Bonchev–Trinajstić information content (AvgIpc) is 1.30. The molecule has 1 aliphatic heterocycles. The number of hydrazine groups is 1. The Morgan fingerprint density at radius 3 is 2.20 bits per heavy atom. The highest BCUT2D eigenvalue weighted by Gasteiger charge is 2.06. The van der Waals surface area contributed by atoms with Crippen LogP contribution in [0.15, 0.2) is 0 Å². The fourth-order valence-electron chi connectivity index (χ4n) is 0.306. The molecule has 0 radical (unpaired) electrons. The van der Waals surface area contributed by atoms with Crippen molar-refractivity contribution in [3.05, 3.63) is 0 Å². The van der Waals surface area contributed by atoms with E-state index in [1.807, 2.05) is 0 Å². The molecular formula is C3H8N2. The molecule has 1 rings (SSSR count). The molecule has 1 aliphatic rings. The van der Waals surface area contributed by atoms with Crippen LogP contribution in [0.3, 0.4) is 0 Å². The average molecular weight is 72.1 g/mol. The van der Waals surface area contributed by atoms with Gasteiger partial charge < -0.3 is 0 Å². The van der Waals surface area contributed by atoms with Crippen molar-refractivity contribution >= 4 is 0 Å². The molecule has 0 bridgehead atoms. The normalized spacial score (nSPS) is 36.6. The van der Waals surface area contributed by atoms with Crippen LogP contribution in [0, 0.1) is 0 Å². The van der Waals surface area contributed by atoms with Crippen molar-refractivity contribution in [3.63, 3.8) is 0 Å². The van der Waals surface area contributed by atoms with Crippen molar-refractivity contribution in [1.29, 1.82) is 0 Å². The number of nitrogens with one attached hydrogen (secondary N) is 2. The minimum Gasteiger partial charge on any atom is -0.256 e. The molecule has 2 heteroatoms. The zero-order chi connectivity index (χ0) is 3.70. The van der Waals surface area contributed by atoms with Crippen molar-refractivity contribution in [2.24, 2.45) is 0 Å². The molecule has 0 amide bonds. The monoisotopic (exact) mass is 72.1 g/mol. The Labute approximate surface area is 31.5 Å². The Morgan fingerprint density at radius 2 is 2.20 bits per heavy atom. The van der Waals surface area contributed by atoms with Crippen LogP contribution in [0.5, 0.6) is 0 Å². The molecule has 5 heavy (non-hydrogen) atoms. The van der Waals surface area contributed by atoms with Gasteiger partial charge in [0.15, 0.2) is 0 Å². The van der Waals surface area contributed by atoms with E-state index in [0.717, 1.165) is 6.54 Å². The van der Waals surface area contributed by atoms with Crippen LogP contribution in [-0.4, -0.2) is 12.6 Å². The van der Waals surface area contributed by atoms with E-state index in [1.54, 1.807) is 0 Å². The summed E-state index contributed by atoms with van der Waals surface area (Å²) in [7, 11) is 0. The van der Waals surface area contributed by atoms with E-state index in [0.29, 0.717) is 6.04 Å². The van der Waals surface area contributed by atoms with Gasteiger partial charge in [0.1, 0.15) is 0 Å². The van der Waals surface area contributed by atoms with Gasteiger partial charge in [-0.05, 0) is 6.92 Å². The molecule has 2 N–H and O–H groups in total. The summed E-state index contributed by atoms with van der Waals surface area (Å²) in [6.45, 7) is 3.26. The Bertz CT molecular complexity index is 31.9. The molecular weight excluding hydrogens is 64.0 g/mol. The summed E-state index contributed by atoms with van der Waals surface area (Å²) in [6.07, 6.45) is 0. The van der Waals surface area contributed by atoms with Gasteiger partial charge in [-0.2, -0.15) is 0 Å². The highest BCUT2D eigenvalue weighted by molar-refractivity contribution is 4.67. The van der Waals surface area contributed by atoms with Crippen LogP contribution in [0.4, 0.5) is 0 Å². The molecule has 1 saturated heterocycles. The summed E-state index contributed by atoms with van der Waals surface area (Å²) in [6, 6.07) is 0.704. The van der Waals surface area contributed by atoms with E-state index in [-0.39, 0.29) is 0 Å². The lowest BCUT2D eigenvalue weighted by molar-refractivity contribution is 0.321. The minimum absolute atomic E-state index is 0.704. The van der Waals surface area contributed by atoms with Gasteiger partial charge in [0.25, 0.3) is 0 Å². The lowest BCUT2D eigenvalue weighted by Gasteiger charge is -2.24. The topological polar surface area (TPSA) is 24.1 Å². The zero-order valence-electron chi connectivity index (χ0n) is 3.28. The van der Waals surface area contributed by atoms with E-state index in [1.165, 1.54) is 0 Å². The Hall–Kier alpha value is -0.0800. The summed E-state index contributed by atoms with van der Waals surface area (Å²) >= 11 is 0. The van der Waals surface area contributed by atoms with Gasteiger partial charge in [-0.3, -0.25) is 10.9 Å². The van der Waals surface area contributed by atoms with Crippen molar-refractivity contribution in [2.75, 3.05) is 6.54 Å². The van der Waals surface area contributed by atoms with Crippen molar-refractivity contribution in [1.82, 2.24) is 10.9 Å². The SMILES string of the molecule is CC1CNN1. The van der Waals surface area contributed by atoms with E-state index < -0.39 is 0 Å². The summed E-state index contributed by atoms with van der Waals surface area (Å²) in [5.41, 5.74) is 5.87. The third kappa shape index (κ3) is 0.412. The Kier molecular flexibility index (Phi) is 0.596. The van der Waals surface area contributed by atoms with Crippen molar-refractivity contribution in [2.45, 2.75) is 13.0 Å². The fraction of sp³-hybridized carbons (Fsp3) is 1.00. The molecule has 1 heterocycles. The lowest BCUT2D eigenvalue weighted by Crippen LogP contribution is -2.57. The maximum atomic E-state index is 2.96. The van der Waals surface area contributed by atoms with Crippen LogP contribution in [0.25, 0.3) is 0 Å². The highest BCUT2D eigenvalue weighted by atomic mass is 15.4. The van der Waals surface area contributed by atoms with Crippen LogP contribution in [0.1, 0.15) is 6.92 Å². The quantitative estimate of drug-likeness (QED) is 0.402. The van der Waals surface area contributed by atoms with Gasteiger partial charge in [0.2, 0.25) is 0 Å². The molecule has 30 valence electrons. The number of hydrogen-bond acceptors (Lipinski definition) is 2. The molecule has 1 fully saturated rings. The summed E-state index contributed by atoms with van der Waals surface area (Å²) < 4.78 is 0. The molecule has 0 aromatic carbocycles. The third-order valence-electron chi connectivity index (χ3n) is 0.757. The smallest absolute Gasteiger partial charge is 0.0323 e. The van der Waals surface area contributed by atoms with E-state index in [4.69, 9.17) is 0 Å². The Balaban J connectivity index is 2.08. The predicted octanol–water partition coefficient (Wildman–Crippen LogP) is -0.517. The van der Waals surface area contributed by atoms with Gasteiger partial charge >= 0.3 is 0 Å². The fourth-order valence-corrected chi connectivity index (χ4v) is 0.306. The predicted molar refractivity (Wildman–Crippen MR) is 20.6 cm³/mol. The summed E-state index contributed by atoms with van der Waals surface area (Å²) in [5, 5.41) is 0. The van der Waals surface area contributed by atoms with Crippen LogP contribution in [-0.2, 0) is 0 Å². The standard InChI is InChI=1S/C3H8N2/c1-3-2-4-5-3/h3-5H,2H2,1H3. The second kappa shape index (κ2) is 0.954. The maximum Gasteiger partial charge on any atom is 0.0323 e. The summed E-state index contributed by atoms with van der Waals surface area (Å²) in [5.74, 6) is 0. The van der Waals surface area contributed by atoms with E-state index in [2.05, 4.69) is 17.8 Å². The number of hydrogen-bond donors (Lipinski definition) is 2. The van der Waals surface area contributed by atoms with Gasteiger partial charge in [0, 0.05) is 12.6 Å². The van der Waals surface area contributed by atoms with Crippen molar-refractivity contribution in [3.8, 4) is 0 Å². The molecule has 0 saturated carbocycles. The lowest BCUT2D eigenvalue weighted by atomic mass is 10.3. The minimum atomic E-state index is 0.704. The van der Waals surface area contributed by atoms with Crippen LogP contribution >= 0.6 is 0 Å². The first kappa shape index (κ1) is 3.12. The van der Waals surface area contributed by atoms with E-state index >= 15 is 0 Å². The molecule has 0 spiro atoms. The first-order chi connectivity index (χ1) is 2.39. The van der Waals surface area contributed by atoms with Crippen LogP contribution in [0.2, 0.25) is 0 Å². The Morgan fingerprint density at radius 1 is 1.80 bits per heavy atom. The van der Waals surface area contributed by atoms with Crippen LogP contribution < -0.4 is 10.9 Å². The molecule has 1 unspecified atom stereocenters. The molecule has 1 atom stereocenters.